The van der Waals surface area contributed by atoms with Crippen LogP contribution in [-0.4, -0.2) is 27.8 Å². The van der Waals surface area contributed by atoms with Crippen molar-refractivity contribution in [1.29, 1.82) is 0 Å². The lowest BCUT2D eigenvalue weighted by Crippen LogP contribution is -2.35. The zero-order valence-electron chi connectivity index (χ0n) is 10.7. The minimum Gasteiger partial charge on any atom is -0.296 e. The predicted molar refractivity (Wildman–Crippen MR) is 66.2 cm³/mol. The fourth-order valence-corrected chi connectivity index (χ4v) is 2.67. The van der Waals surface area contributed by atoms with E-state index in [9.17, 15) is 0 Å². The molecule has 1 aliphatic rings. The molecule has 3 nitrogen and oxygen atoms in total. The predicted octanol–water partition coefficient (Wildman–Crippen LogP) is 2.60. The molecule has 1 aliphatic heterocycles. The van der Waals surface area contributed by atoms with Crippen LogP contribution in [0.25, 0.3) is 0 Å². The summed E-state index contributed by atoms with van der Waals surface area (Å²) in [5.41, 5.74) is 1.39. The second-order valence-electron chi connectivity index (χ2n) is 5.35. The highest BCUT2D eigenvalue weighted by atomic mass is 15.2. The number of nitrogens with zero attached hydrogens (tertiary/aromatic N) is 3. The molecule has 0 radical (unpaired) electrons. The van der Waals surface area contributed by atoms with Crippen LogP contribution in [0.4, 0.5) is 0 Å². The Balaban J connectivity index is 2.10. The van der Waals surface area contributed by atoms with Gasteiger partial charge in [-0.25, -0.2) is 0 Å². The van der Waals surface area contributed by atoms with Crippen LogP contribution in [0.5, 0.6) is 0 Å². The van der Waals surface area contributed by atoms with E-state index in [-0.39, 0.29) is 0 Å². The number of aryl methyl sites for hydroxylation is 1. The van der Waals surface area contributed by atoms with Gasteiger partial charge >= 0.3 is 0 Å². The van der Waals surface area contributed by atoms with Gasteiger partial charge in [-0.15, -0.1) is 0 Å². The lowest BCUT2D eigenvalue weighted by molar-refractivity contribution is 0.132. The molecule has 90 valence electrons. The SMILES string of the molecule is CC(C)CN1CCCCC1c1cnn(C)c1. The number of hydrogen-bond donors (Lipinski definition) is 0. The third-order valence-electron chi connectivity index (χ3n) is 3.32. The van der Waals surface area contributed by atoms with Gasteiger partial charge < -0.3 is 0 Å². The van der Waals surface area contributed by atoms with Crippen molar-refractivity contribution in [2.75, 3.05) is 13.1 Å². The van der Waals surface area contributed by atoms with Gasteiger partial charge in [0.1, 0.15) is 0 Å². The van der Waals surface area contributed by atoms with E-state index >= 15 is 0 Å². The molecular weight excluding hydrogens is 198 g/mol. The molecule has 0 N–H and O–H groups in total. The zero-order chi connectivity index (χ0) is 11.5. The quantitative estimate of drug-likeness (QED) is 0.782. The molecule has 0 aliphatic carbocycles. The first-order valence-electron chi connectivity index (χ1n) is 6.39. The normalized spacial score (nSPS) is 22.9. The van der Waals surface area contributed by atoms with Gasteiger partial charge in [-0.3, -0.25) is 9.58 Å². The lowest BCUT2D eigenvalue weighted by Gasteiger charge is -2.36. The second-order valence-corrected chi connectivity index (χ2v) is 5.35. The molecular formula is C13H23N3. The van der Waals surface area contributed by atoms with Crippen molar-refractivity contribution in [2.24, 2.45) is 13.0 Å². The molecule has 0 bridgehead atoms. The number of rotatable bonds is 3. The average Bonchev–Trinajstić information content (AvgIpc) is 2.65. The third-order valence-corrected chi connectivity index (χ3v) is 3.32. The van der Waals surface area contributed by atoms with Crippen molar-refractivity contribution in [3.8, 4) is 0 Å². The van der Waals surface area contributed by atoms with E-state index in [1.165, 1.54) is 37.9 Å². The van der Waals surface area contributed by atoms with Crippen LogP contribution >= 0.6 is 0 Å². The number of likely N-dealkylation sites (tertiary alicyclic amines) is 1. The summed E-state index contributed by atoms with van der Waals surface area (Å²) in [5.74, 6) is 0.747. The summed E-state index contributed by atoms with van der Waals surface area (Å²) in [5, 5.41) is 4.30. The van der Waals surface area contributed by atoms with Crippen LogP contribution in [0, 0.1) is 5.92 Å². The molecule has 1 atom stereocenters. The molecule has 0 amide bonds. The van der Waals surface area contributed by atoms with Crippen molar-refractivity contribution in [1.82, 2.24) is 14.7 Å². The van der Waals surface area contributed by atoms with E-state index in [0.717, 1.165) is 5.92 Å². The topological polar surface area (TPSA) is 21.1 Å². The van der Waals surface area contributed by atoms with Crippen LogP contribution in [0.15, 0.2) is 12.4 Å². The van der Waals surface area contributed by atoms with Crippen molar-refractivity contribution >= 4 is 0 Å². The molecule has 2 rings (SSSR count). The van der Waals surface area contributed by atoms with E-state index in [0.29, 0.717) is 6.04 Å². The number of aromatic nitrogens is 2. The zero-order valence-corrected chi connectivity index (χ0v) is 10.7. The molecule has 1 aromatic heterocycles. The maximum Gasteiger partial charge on any atom is 0.0537 e. The fourth-order valence-electron chi connectivity index (χ4n) is 2.67. The van der Waals surface area contributed by atoms with Gasteiger partial charge in [-0.1, -0.05) is 20.3 Å². The van der Waals surface area contributed by atoms with Gasteiger partial charge in [0.2, 0.25) is 0 Å². The molecule has 1 fully saturated rings. The average molecular weight is 221 g/mol. The molecule has 1 aromatic rings. The molecule has 3 heteroatoms. The Labute approximate surface area is 98.4 Å². The van der Waals surface area contributed by atoms with E-state index in [4.69, 9.17) is 0 Å². The minimum atomic E-state index is 0.602. The summed E-state index contributed by atoms with van der Waals surface area (Å²) in [6, 6.07) is 0.602. The van der Waals surface area contributed by atoms with E-state index in [1.807, 2.05) is 17.9 Å². The molecule has 1 unspecified atom stereocenters. The van der Waals surface area contributed by atoms with Crippen LogP contribution in [-0.2, 0) is 7.05 Å². The van der Waals surface area contributed by atoms with Gasteiger partial charge in [0.25, 0.3) is 0 Å². The smallest absolute Gasteiger partial charge is 0.0537 e. The molecule has 16 heavy (non-hydrogen) atoms. The maximum atomic E-state index is 4.30. The lowest BCUT2D eigenvalue weighted by atomic mass is 9.96. The van der Waals surface area contributed by atoms with Crippen LogP contribution in [0.3, 0.4) is 0 Å². The van der Waals surface area contributed by atoms with Crippen molar-refractivity contribution in [2.45, 2.75) is 39.2 Å². The van der Waals surface area contributed by atoms with Crippen molar-refractivity contribution in [3.63, 3.8) is 0 Å². The third kappa shape index (κ3) is 2.64. The Morgan fingerprint density at radius 2 is 2.25 bits per heavy atom. The Bertz CT molecular complexity index is 330. The summed E-state index contributed by atoms with van der Waals surface area (Å²) in [4.78, 5) is 2.63. The first kappa shape index (κ1) is 11.6. The highest BCUT2D eigenvalue weighted by Gasteiger charge is 2.25. The second kappa shape index (κ2) is 5.00. The first-order chi connectivity index (χ1) is 7.66. The highest BCUT2D eigenvalue weighted by molar-refractivity contribution is 5.11. The van der Waals surface area contributed by atoms with Crippen molar-refractivity contribution < 1.29 is 0 Å². The van der Waals surface area contributed by atoms with Gasteiger partial charge in [0, 0.05) is 31.4 Å². The molecule has 0 spiro atoms. The Hall–Kier alpha value is -0.830. The first-order valence-corrected chi connectivity index (χ1v) is 6.39. The summed E-state index contributed by atoms with van der Waals surface area (Å²) in [7, 11) is 2.00. The fraction of sp³-hybridized carbons (Fsp3) is 0.769. The van der Waals surface area contributed by atoms with Crippen LogP contribution < -0.4 is 0 Å². The summed E-state index contributed by atoms with van der Waals surface area (Å²) in [6.07, 6.45) is 8.20. The van der Waals surface area contributed by atoms with Gasteiger partial charge in [-0.05, 0) is 25.3 Å². The van der Waals surface area contributed by atoms with Gasteiger partial charge in [-0.2, -0.15) is 5.10 Å². The Morgan fingerprint density at radius 3 is 2.88 bits per heavy atom. The Kier molecular flexibility index (Phi) is 3.64. The largest absolute Gasteiger partial charge is 0.296 e. The molecule has 0 saturated carbocycles. The van der Waals surface area contributed by atoms with E-state index in [2.05, 4.69) is 30.0 Å². The van der Waals surface area contributed by atoms with Crippen molar-refractivity contribution in [3.05, 3.63) is 18.0 Å². The molecule has 0 aromatic carbocycles. The van der Waals surface area contributed by atoms with E-state index < -0.39 is 0 Å². The maximum absolute atomic E-state index is 4.30. The minimum absolute atomic E-state index is 0.602. The van der Waals surface area contributed by atoms with Crippen LogP contribution in [0.1, 0.15) is 44.7 Å². The summed E-state index contributed by atoms with van der Waals surface area (Å²) < 4.78 is 1.91. The standard InChI is InChI=1S/C13H23N3/c1-11(2)9-16-7-5-4-6-13(16)12-8-14-15(3)10-12/h8,10-11,13H,4-7,9H2,1-3H3. The van der Waals surface area contributed by atoms with E-state index in [1.54, 1.807) is 0 Å². The highest BCUT2D eigenvalue weighted by Crippen LogP contribution is 2.30. The van der Waals surface area contributed by atoms with Crippen LogP contribution in [0.2, 0.25) is 0 Å². The number of hydrogen-bond acceptors (Lipinski definition) is 2. The van der Waals surface area contributed by atoms with Gasteiger partial charge in [0.15, 0.2) is 0 Å². The molecule has 2 heterocycles. The molecule has 1 saturated heterocycles. The summed E-state index contributed by atoms with van der Waals surface area (Å²) >= 11 is 0. The van der Waals surface area contributed by atoms with Gasteiger partial charge in [0.05, 0.1) is 6.20 Å². The monoisotopic (exact) mass is 221 g/mol. The number of piperidine rings is 1. The summed E-state index contributed by atoms with van der Waals surface area (Å²) in [6.45, 7) is 7.06. The Morgan fingerprint density at radius 1 is 1.44 bits per heavy atom.